The third-order valence-corrected chi connectivity index (χ3v) is 6.07. The van der Waals surface area contributed by atoms with Crippen molar-refractivity contribution in [3.05, 3.63) is 52.8 Å². The molecule has 1 heterocycles. The van der Waals surface area contributed by atoms with Crippen LogP contribution in [0.2, 0.25) is 5.02 Å². The van der Waals surface area contributed by atoms with Gasteiger partial charge in [0.2, 0.25) is 0 Å². The van der Waals surface area contributed by atoms with E-state index >= 15 is 0 Å². The van der Waals surface area contributed by atoms with Gasteiger partial charge in [-0.15, -0.1) is 0 Å². The molecule has 0 bridgehead atoms. The van der Waals surface area contributed by atoms with Crippen LogP contribution in [0, 0.1) is 6.92 Å². The lowest BCUT2D eigenvalue weighted by molar-refractivity contribution is -0.137. The number of rotatable bonds is 13. The van der Waals surface area contributed by atoms with E-state index in [1.54, 1.807) is 0 Å². The number of hydrogen-bond acceptors (Lipinski definition) is 4. The monoisotopic (exact) mass is 472 g/mol. The van der Waals surface area contributed by atoms with Crippen LogP contribution in [-0.2, 0) is 11.3 Å². The highest BCUT2D eigenvalue weighted by Crippen LogP contribution is 2.31. The molecular weight excluding hydrogens is 440 g/mol. The Bertz CT molecular complexity index is 1080. The van der Waals surface area contributed by atoms with Crippen molar-refractivity contribution in [2.45, 2.75) is 71.9 Å². The van der Waals surface area contributed by atoms with Crippen LogP contribution in [-0.4, -0.2) is 33.3 Å². The first-order valence-electron chi connectivity index (χ1n) is 11.7. The van der Waals surface area contributed by atoms with Crippen molar-refractivity contribution in [1.29, 1.82) is 0 Å². The molecule has 0 radical (unpaired) electrons. The van der Waals surface area contributed by atoms with Crippen LogP contribution in [0.1, 0.15) is 63.8 Å². The maximum atomic E-state index is 11.0. The van der Waals surface area contributed by atoms with Crippen molar-refractivity contribution in [2.24, 2.45) is 0 Å². The first kappa shape index (κ1) is 24.9. The maximum absolute atomic E-state index is 11.0. The van der Waals surface area contributed by atoms with Crippen LogP contribution in [0.3, 0.4) is 0 Å². The van der Waals surface area contributed by atoms with Gasteiger partial charge in [0.25, 0.3) is 0 Å². The van der Waals surface area contributed by atoms with Gasteiger partial charge in [-0.25, -0.2) is 4.98 Å². The molecule has 0 saturated carbocycles. The molecule has 0 amide bonds. The normalized spacial score (nSPS) is 12.1. The second kappa shape index (κ2) is 11.9. The molecule has 0 aliphatic carbocycles. The number of hydrogen-bond donors (Lipinski definition) is 1. The van der Waals surface area contributed by atoms with E-state index in [4.69, 9.17) is 31.2 Å². The van der Waals surface area contributed by atoms with Gasteiger partial charge in [0, 0.05) is 11.4 Å². The molecule has 0 aliphatic heterocycles. The lowest BCUT2D eigenvalue weighted by Crippen LogP contribution is -2.17. The van der Waals surface area contributed by atoms with Gasteiger partial charge in [-0.05, 0) is 56.0 Å². The van der Waals surface area contributed by atoms with E-state index in [0.717, 1.165) is 53.9 Å². The quantitative estimate of drug-likeness (QED) is 0.282. The van der Waals surface area contributed by atoms with Crippen LogP contribution in [0.15, 0.2) is 36.4 Å². The van der Waals surface area contributed by atoms with Crippen molar-refractivity contribution >= 4 is 28.6 Å². The number of halogens is 1. The van der Waals surface area contributed by atoms with Crippen LogP contribution >= 0.6 is 11.6 Å². The minimum atomic E-state index is -0.816. The van der Waals surface area contributed by atoms with Gasteiger partial charge in [0.1, 0.15) is 22.8 Å². The smallest absolute Gasteiger partial charge is 0.303 e. The molecule has 7 heteroatoms. The molecular formula is C26H33ClN2O4. The van der Waals surface area contributed by atoms with E-state index in [-0.39, 0.29) is 12.5 Å². The van der Waals surface area contributed by atoms with Crippen molar-refractivity contribution in [1.82, 2.24) is 9.55 Å². The van der Waals surface area contributed by atoms with E-state index in [1.807, 2.05) is 50.2 Å². The Morgan fingerprint density at radius 1 is 1.21 bits per heavy atom. The third-order valence-electron chi connectivity index (χ3n) is 5.72. The van der Waals surface area contributed by atoms with Gasteiger partial charge in [-0.1, -0.05) is 50.4 Å². The Hall–Kier alpha value is -2.73. The summed E-state index contributed by atoms with van der Waals surface area (Å²) in [5.74, 6) is 1.52. The number of imidazole rings is 1. The highest BCUT2D eigenvalue weighted by molar-refractivity contribution is 6.31. The highest BCUT2D eigenvalue weighted by Gasteiger charge is 2.18. The number of aromatic nitrogens is 2. The second-order valence-electron chi connectivity index (χ2n) is 8.26. The van der Waals surface area contributed by atoms with Gasteiger partial charge in [0.15, 0.2) is 0 Å². The minimum Gasteiger partial charge on any atom is -0.494 e. The van der Waals surface area contributed by atoms with Crippen molar-refractivity contribution < 1.29 is 19.4 Å². The fraction of sp³-hybridized carbons (Fsp3) is 0.462. The van der Waals surface area contributed by atoms with E-state index < -0.39 is 5.97 Å². The number of benzene rings is 2. The van der Waals surface area contributed by atoms with E-state index in [9.17, 15) is 4.79 Å². The standard InChI is InChI=1S/C26H33ClN2O4/c1-4-6-7-15-32-21-12-11-19(22(27)16-21)17-29-18(3)28-23-9-8-10-24(26(23)29)33-20(5-2)13-14-25(30)31/h8-12,16,20H,4-7,13-15,17H2,1-3H3,(H,30,31). The molecule has 1 N–H and O–H groups in total. The topological polar surface area (TPSA) is 73.6 Å². The van der Waals surface area contributed by atoms with Crippen molar-refractivity contribution in [3.8, 4) is 11.5 Å². The summed E-state index contributed by atoms with van der Waals surface area (Å²) in [6.07, 6.45) is 4.43. The van der Waals surface area contributed by atoms with Crippen LogP contribution in [0.4, 0.5) is 0 Å². The summed E-state index contributed by atoms with van der Waals surface area (Å²) in [6, 6.07) is 11.6. The molecule has 3 aromatic rings. The molecule has 6 nitrogen and oxygen atoms in total. The van der Waals surface area contributed by atoms with Crippen LogP contribution in [0.25, 0.3) is 11.0 Å². The van der Waals surface area contributed by atoms with Gasteiger partial charge >= 0.3 is 5.97 Å². The Morgan fingerprint density at radius 3 is 2.73 bits per heavy atom. The lowest BCUT2D eigenvalue weighted by atomic mass is 10.1. The first-order valence-corrected chi connectivity index (χ1v) is 12.1. The Morgan fingerprint density at radius 2 is 2.03 bits per heavy atom. The number of aryl methyl sites for hydroxylation is 1. The molecule has 1 atom stereocenters. The third kappa shape index (κ3) is 6.64. The molecule has 0 fully saturated rings. The average molecular weight is 473 g/mol. The number of para-hydroxylation sites is 1. The zero-order chi connectivity index (χ0) is 23.8. The average Bonchev–Trinajstić information content (AvgIpc) is 3.11. The number of carboxylic acid groups (broad SMARTS) is 1. The largest absolute Gasteiger partial charge is 0.494 e. The molecule has 2 aromatic carbocycles. The SMILES string of the molecule is CCCCCOc1ccc(Cn2c(C)nc3cccc(OC(CC)CCC(=O)O)c32)c(Cl)c1. The molecule has 33 heavy (non-hydrogen) atoms. The van der Waals surface area contributed by atoms with Crippen molar-refractivity contribution in [3.63, 3.8) is 0 Å². The zero-order valence-electron chi connectivity index (χ0n) is 19.6. The van der Waals surface area contributed by atoms with Gasteiger partial charge < -0.3 is 19.1 Å². The predicted octanol–water partition coefficient (Wildman–Crippen LogP) is 6.64. The molecule has 0 aliphatic rings. The van der Waals surface area contributed by atoms with Gasteiger partial charge in [-0.3, -0.25) is 4.79 Å². The molecule has 178 valence electrons. The number of nitrogens with zero attached hydrogens (tertiary/aromatic N) is 2. The summed E-state index contributed by atoms with van der Waals surface area (Å²) in [5, 5.41) is 9.68. The summed E-state index contributed by atoms with van der Waals surface area (Å²) in [7, 11) is 0. The van der Waals surface area contributed by atoms with Crippen LogP contribution < -0.4 is 9.47 Å². The number of unbranched alkanes of at least 4 members (excludes halogenated alkanes) is 2. The Balaban J connectivity index is 1.83. The number of aliphatic carboxylic acids is 1. The lowest BCUT2D eigenvalue weighted by Gasteiger charge is -2.19. The fourth-order valence-electron chi connectivity index (χ4n) is 3.83. The Kier molecular flexibility index (Phi) is 9.01. The summed E-state index contributed by atoms with van der Waals surface area (Å²) in [4.78, 5) is 15.7. The maximum Gasteiger partial charge on any atom is 0.303 e. The summed E-state index contributed by atoms with van der Waals surface area (Å²) in [6.45, 7) is 7.37. The van der Waals surface area contributed by atoms with Crippen molar-refractivity contribution in [2.75, 3.05) is 6.61 Å². The molecule has 3 rings (SSSR count). The van der Waals surface area contributed by atoms with Gasteiger partial charge in [-0.2, -0.15) is 0 Å². The predicted molar refractivity (Wildman–Crippen MR) is 132 cm³/mol. The first-order chi connectivity index (χ1) is 15.9. The molecule has 0 spiro atoms. The van der Waals surface area contributed by atoms with Crippen LogP contribution in [0.5, 0.6) is 11.5 Å². The summed E-state index contributed by atoms with van der Waals surface area (Å²) < 4.78 is 14.2. The molecule has 1 aromatic heterocycles. The number of fused-ring (bicyclic) bond motifs is 1. The minimum absolute atomic E-state index is 0.0786. The molecule has 1 unspecified atom stereocenters. The van der Waals surface area contributed by atoms with Gasteiger partial charge in [0.05, 0.1) is 24.8 Å². The fourth-order valence-corrected chi connectivity index (χ4v) is 4.06. The highest BCUT2D eigenvalue weighted by atomic mass is 35.5. The zero-order valence-corrected chi connectivity index (χ0v) is 20.4. The second-order valence-corrected chi connectivity index (χ2v) is 8.67. The van der Waals surface area contributed by atoms with E-state index in [2.05, 4.69) is 11.5 Å². The van der Waals surface area contributed by atoms with E-state index in [1.165, 1.54) is 0 Å². The summed E-state index contributed by atoms with van der Waals surface area (Å²) >= 11 is 6.61. The van der Waals surface area contributed by atoms with E-state index in [0.29, 0.717) is 30.3 Å². The summed E-state index contributed by atoms with van der Waals surface area (Å²) in [5.41, 5.74) is 2.69. The number of carboxylic acids is 1. The number of carbonyl (C=O) groups is 1. The number of ether oxygens (including phenoxy) is 2. The molecule has 0 saturated heterocycles. The Labute approximate surface area is 200 Å².